The average molecular weight is 275 g/mol. The number of nitrogens with one attached hydrogen (secondary N) is 2. The molecule has 2 aromatic rings. The third-order valence-corrected chi connectivity index (χ3v) is 2.81. The summed E-state index contributed by atoms with van der Waals surface area (Å²) in [6, 6.07) is 2.12. The lowest BCUT2D eigenvalue weighted by molar-refractivity contribution is 0.421. The maximum atomic E-state index is 5.49. The Balaban J connectivity index is 1.98. The highest BCUT2D eigenvalue weighted by molar-refractivity contribution is 5.21. The molecule has 108 valence electrons. The average Bonchev–Trinajstić information content (AvgIpc) is 2.77. The Labute approximate surface area is 119 Å². The number of ether oxygens (including phenoxy) is 1. The van der Waals surface area contributed by atoms with E-state index in [1.807, 2.05) is 13.8 Å². The van der Waals surface area contributed by atoms with Crippen molar-refractivity contribution in [1.82, 2.24) is 25.5 Å². The SMILES string of the molecule is Cc1cc(Oc2ncc(CNCC(C)C)c(C)n2)n[nH]1. The highest BCUT2D eigenvalue weighted by Crippen LogP contribution is 2.16. The third kappa shape index (κ3) is 4.03. The van der Waals surface area contributed by atoms with Gasteiger partial charge in [-0.15, -0.1) is 5.10 Å². The van der Waals surface area contributed by atoms with Crippen molar-refractivity contribution in [3.05, 3.63) is 29.2 Å². The quantitative estimate of drug-likeness (QED) is 0.846. The van der Waals surface area contributed by atoms with E-state index < -0.39 is 0 Å². The van der Waals surface area contributed by atoms with E-state index in [9.17, 15) is 0 Å². The highest BCUT2D eigenvalue weighted by atomic mass is 16.5. The van der Waals surface area contributed by atoms with Crippen molar-refractivity contribution < 1.29 is 4.74 Å². The fourth-order valence-corrected chi connectivity index (χ4v) is 1.73. The minimum atomic E-state index is 0.321. The second-order valence-electron chi connectivity index (χ2n) is 5.28. The molecule has 0 saturated heterocycles. The van der Waals surface area contributed by atoms with Crippen LogP contribution in [0.1, 0.15) is 30.8 Å². The van der Waals surface area contributed by atoms with Gasteiger partial charge in [0.25, 0.3) is 0 Å². The topological polar surface area (TPSA) is 75.7 Å². The zero-order chi connectivity index (χ0) is 14.5. The van der Waals surface area contributed by atoms with E-state index in [0.29, 0.717) is 17.8 Å². The number of H-pyrrole nitrogens is 1. The Morgan fingerprint density at radius 3 is 2.75 bits per heavy atom. The first-order valence-corrected chi connectivity index (χ1v) is 6.77. The fraction of sp³-hybridized carbons (Fsp3) is 0.500. The molecule has 0 aliphatic rings. The van der Waals surface area contributed by atoms with Gasteiger partial charge in [-0.2, -0.15) is 4.98 Å². The maximum absolute atomic E-state index is 5.49. The minimum Gasteiger partial charge on any atom is -0.404 e. The first kappa shape index (κ1) is 14.5. The lowest BCUT2D eigenvalue weighted by Crippen LogP contribution is -2.20. The molecule has 2 rings (SSSR count). The van der Waals surface area contributed by atoms with Crippen LogP contribution in [-0.2, 0) is 6.54 Å². The molecule has 0 bridgehead atoms. The number of aryl methyl sites for hydroxylation is 2. The van der Waals surface area contributed by atoms with E-state index in [2.05, 4.69) is 39.3 Å². The zero-order valence-corrected chi connectivity index (χ0v) is 12.4. The van der Waals surface area contributed by atoms with Crippen molar-refractivity contribution in [3.63, 3.8) is 0 Å². The molecule has 20 heavy (non-hydrogen) atoms. The summed E-state index contributed by atoms with van der Waals surface area (Å²) in [6.07, 6.45) is 1.80. The van der Waals surface area contributed by atoms with Crippen molar-refractivity contribution in [2.24, 2.45) is 5.92 Å². The van der Waals surface area contributed by atoms with Gasteiger partial charge in [0, 0.05) is 35.8 Å². The van der Waals surface area contributed by atoms with Gasteiger partial charge in [0.1, 0.15) is 0 Å². The van der Waals surface area contributed by atoms with Crippen LogP contribution in [0.2, 0.25) is 0 Å². The van der Waals surface area contributed by atoms with Crippen LogP contribution in [0.4, 0.5) is 0 Å². The van der Waals surface area contributed by atoms with Crippen molar-refractivity contribution in [2.75, 3.05) is 6.54 Å². The normalized spacial score (nSPS) is 11.1. The molecule has 0 aliphatic heterocycles. The largest absolute Gasteiger partial charge is 0.404 e. The summed E-state index contributed by atoms with van der Waals surface area (Å²) in [5, 5.41) is 10.2. The van der Waals surface area contributed by atoms with Crippen LogP contribution >= 0.6 is 0 Å². The van der Waals surface area contributed by atoms with Crippen molar-refractivity contribution in [1.29, 1.82) is 0 Å². The molecule has 2 N–H and O–H groups in total. The van der Waals surface area contributed by atoms with Gasteiger partial charge >= 0.3 is 6.01 Å². The van der Waals surface area contributed by atoms with Crippen LogP contribution in [0.5, 0.6) is 11.9 Å². The monoisotopic (exact) mass is 275 g/mol. The Hall–Kier alpha value is -1.95. The molecule has 0 aliphatic carbocycles. The lowest BCUT2D eigenvalue weighted by atomic mass is 10.2. The van der Waals surface area contributed by atoms with Gasteiger partial charge in [0.2, 0.25) is 5.88 Å². The second kappa shape index (κ2) is 6.47. The Bertz CT molecular complexity index is 564. The number of hydrogen-bond acceptors (Lipinski definition) is 5. The van der Waals surface area contributed by atoms with E-state index in [4.69, 9.17) is 4.74 Å². The van der Waals surface area contributed by atoms with Gasteiger partial charge in [0.05, 0.1) is 0 Å². The number of aromatic amines is 1. The summed E-state index contributed by atoms with van der Waals surface area (Å²) in [5.41, 5.74) is 2.93. The van der Waals surface area contributed by atoms with E-state index in [-0.39, 0.29) is 0 Å². The predicted octanol–water partition coefficient (Wildman–Crippen LogP) is 2.35. The number of aromatic nitrogens is 4. The zero-order valence-electron chi connectivity index (χ0n) is 12.4. The molecule has 0 fully saturated rings. The van der Waals surface area contributed by atoms with Crippen molar-refractivity contribution in [2.45, 2.75) is 34.2 Å². The molecule has 6 nitrogen and oxygen atoms in total. The van der Waals surface area contributed by atoms with Crippen LogP contribution in [0, 0.1) is 19.8 Å². The molecule has 0 aromatic carbocycles. The molecule has 2 heterocycles. The van der Waals surface area contributed by atoms with Gasteiger partial charge in [-0.05, 0) is 26.3 Å². The van der Waals surface area contributed by atoms with Gasteiger partial charge < -0.3 is 10.1 Å². The van der Waals surface area contributed by atoms with E-state index in [1.54, 1.807) is 12.3 Å². The lowest BCUT2D eigenvalue weighted by Gasteiger charge is -2.09. The molecule has 0 amide bonds. The third-order valence-electron chi connectivity index (χ3n) is 2.81. The van der Waals surface area contributed by atoms with Crippen LogP contribution < -0.4 is 10.1 Å². The molecule has 0 atom stereocenters. The molecular weight excluding hydrogens is 254 g/mol. The molecule has 6 heteroatoms. The summed E-state index contributed by atoms with van der Waals surface area (Å²) in [4.78, 5) is 8.56. The summed E-state index contributed by atoms with van der Waals surface area (Å²) in [6.45, 7) is 9.97. The van der Waals surface area contributed by atoms with Crippen LogP contribution in [0.25, 0.3) is 0 Å². The van der Waals surface area contributed by atoms with E-state index in [0.717, 1.165) is 30.0 Å². The summed E-state index contributed by atoms with van der Waals surface area (Å²) in [7, 11) is 0. The van der Waals surface area contributed by atoms with Crippen LogP contribution in [0.3, 0.4) is 0 Å². The number of hydrogen-bond donors (Lipinski definition) is 2. The second-order valence-corrected chi connectivity index (χ2v) is 5.28. The molecular formula is C14H21N5O. The molecule has 0 radical (unpaired) electrons. The van der Waals surface area contributed by atoms with Gasteiger partial charge in [0.15, 0.2) is 0 Å². The van der Waals surface area contributed by atoms with Crippen molar-refractivity contribution in [3.8, 4) is 11.9 Å². The predicted molar refractivity (Wildman–Crippen MR) is 76.7 cm³/mol. The standard InChI is InChI=1S/C14H21N5O/c1-9(2)6-15-7-12-8-16-14(17-11(12)4)20-13-5-10(3)18-19-13/h5,8-9,15H,6-7H2,1-4H3,(H,18,19). The first-order valence-electron chi connectivity index (χ1n) is 6.77. The van der Waals surface area contributed by atoms with Crippen LogP contribution in [0.15, 0.2) is 12.3 Å². The van der Waals surface area contributed by atoms with Crippen LogP contribution in [-0.4, -0.2) is 26.7 Å². The van der Waals surface area contributed by atoms with E-state index >= 15 is 0 Å². The summed E-state index contributed by atoms with van der Waals surface area (Å²) >= 11 is 0. The molecule has 2 aromatic heterocycles. The Kier molecular flexibility index (Phi) is 4.68. The molecule has 0 saturated carbocycles. The number of nitrogens with zero attached hydrogens (tertiary/aromatic N) is 3. The summed E-state index contributed by atoms with van der Waals surface area (Å²) < 4.78 is 5.49. The first-order chi connectivity index (χ1) is 9.54. The Morgan fingerprint density at radius 2 is 2.15 bits per heavy atom. The maximum Gasteiger partial charge on any atom is 0.323 e. The fourth-order valence-electron chi connectivity index (χ4n) is 1.73. The number of rotatable bonds is 6. The minimum absolute atomic E-state index is 0.321. The molecule has 0 unspecified atom stereocenters. The van der Waals surface area contributed by atoms with Gasteiger partial charge in [-0.3, -0.25) is 5.10 Å². The summed E-state index contributed by atoms with van der Waals surface area (Å²) in [5.74, 6) is 1.11. The van der Waals surface area contributed by atoms with Crippen molar-refractivity contribution >= 4 is 0 Å². The highest BCUT2D eigenvalue weighted by Gasteiger charge is 2.07. The molecule has 0 spiro atoms. The smallest absolute Gasteiger partial charge is 0.323 e. The van der Waals surface area contributed by atoms with E-state index in [1.165, 1.54) is 0 Å². The van der Waals surface area contributed by atoms with Gasteiger partial charge in [-0.25, -0.2) is 4.98 Å². The van der Waals surface area contributed by atoms with Gasteiger partial charge in [-0.1, -0.05) is 13.8 Å². The Morgan fingerprint density at radius 1 is 1.35 bits per heavy atom.